The molecular formula is C11H18N4O2S. The van der Waals surface area contributed by atoms with Gasteiger partial charge in [0, 0.05) is 32.2 Å². The second kappa shape index (κ2) is 6.21. The lowest BCUT2D eigenvalue weighted by atomic mass is 10.1. The molecule has 1 aliphatic rings. The Hall–Kier alpha value is -1.05. The van der Waals surface area contributed by atoms with Crippen LogP contribution in [0.2, 0.25) is 0 Å². The molecule has 0 radical (unpaired) electrons. The number of aliphatic hydroxyl groups excluding tert-OH is 1. The van der Waals surface area contributed by atoms with Gasteiger partial charge in [-0.3, -0.25) is 9.69 Å². The SMILES string of the molecule is CCC(CO)N1CCN(C(=O)c2cnsn2)CC1. The van der Waals surface area contributed by atoms with Crippen LogP contribution >= 0.6 is 11.7 Å². The summed E-state index contributed by atoms with van der Waals surface area (Å²) in [6.45, 7) is 5.24. The van der Waals surface area contributed by atoms with Crippen LogP contribution in [0.3, 0.4) is 0 Å². The number of rotatable bonds is 4. The minimum atomic E-state index is -0.0413. The van der Waals surface area contributed by atoms with Crippen molar-refractivity contribution in [3.05, 3.63) is 11.9 Å². The Kier molecular flexibility index (Phi) is 4.62. The Morgan fingerprint density at radius 2 is 2.22 bits per heavy atom. The van der Waals surface area contributed by atoms with Crippen molar-refractivity contribution in [3.63, 3.8) is 0 Å². The number of amides is 1. The number of aliphatic hydroxyl groups is 1. The number of aromatic nitrogens is 2. The van der Waals surface area contributed by atoms with E-state index in [0.29, 0.717) is 18.8 Å². The predicted octanol–water partition coefficient (Wildman–Crippen LogP) is 0.0668. The normalized spacial score (nSPS) is 18.9. The van der Waals surface area contributed by atoms with Crippen LogP contribution in [0.1, 0.15) is 23.8 Å². The topological polar surface area (TPSA) is 69.6 Å². The second-order valence-electron chi connectivity index (χ2n) is 4.37. The fourth-order valence-corrected chi connectivity index (χ4v) is 2.62. The van der Waals surface area contributed by atoms with Crippen molar-refractivity contribution in [2.24, 2.45) is 0 Å². The summed E-state index contributed by atoms with van der Waals surface area (Å²) >= 11 is 1.05. The lowest BCUT2D eigenvalue weighted by Crippen LogP contribution is -2.52. The fourth-order valence-electron chi connectivity index (χ4n) is 2.21. The Morgan fingerprint density at radius 3 is 2.72 bits per heavy atom. The van der Waals surface area contributed by atoms with E-state index in [1.807, 2.05) is 0 Å². The van der Waals surface area contributed by atoms with Gasteiger partial charge in [0.2, 0.25) is 0 Å². The monoisotopic (exact) mass is 270 g/mol. The van der Waals surface area contributed by atoms with Crippen LogP contribution in [0.15, 0.2) is 6.20 Å². The van der Waals surface area contributed by atoms with E-state index in [0.717, 1.165) is 31.2 Å². The van der Waals surface area contributed by atoms with E-state index in [1.165, 1.54) is 6.20 Å². The van der Waals surface area contributed by atoms with Crippen LogP contribution < -0.4 is 0 Å². The van der Waals surface area contributed by atoms with E-state index in [1.54, 1.807) is 4.90 Å². The molecule has 0 bridgehead atoms. The van der Waals surface area contributed by atoms with Crippen molar-refractivity contribution in [3.8, 4) is 0 Å². The zero-order valence-electron chi connectivity index (χ0n) is 10.4. The Labute approximate surface area is 111 Å². The van der Waals surface area contributed by atoms with Crippen LogP contribution in [0.5, 0.6) is 0 Å². The summed E-state index contributed by atoms with van der Waals surface area (Å²) < 4.78 is 7.81. The minimum Gasteiger partial charge on any atom is -0.395 e. The van der Waals surface area contributed by atoms with Gasteiger partial charge in [-0.05, 0) is 6.42 Å². The van der Waals surface area contributed by atoms with Crippen molar-refractivity contribution < 1.29 is 9.90 Å². The maximum absolute atomic E-state index is 12.0. The number of carbonyl (C=O) groups excluding carboxylic acids is 1. The lowest BCUT2D eigenvalue weighted by molar-refractivity contribution is 0.0469. The number of hydrogen-bond acceptors (Lipinski definition) is 6. The van der Waals surface area contributed by atoms with Gasteiger partial charge < -0.3 is 10.0 Å². The molecule has 1 atom stereocenters. The van der Waals surface area contributed by atoms with E-state index < -0.39 is 0 Å². The van der Waals surface area contributed by atoms with Crippen molar-refractivity contribution in [2.45, 2.75) is 19.4 Å². The number of hydrogen-bond donors (Lipinski definition) is 1. The highest BCUT2D eigenvalue weighted by Gasteiger charge is 2.26. The summed E-state index contributed by atoms with van der Waals surface area (Å²) in [5, 5.41) is 9.26. The first-order valence-corrected chi connectivity index (χ1v) is 6.91. The first-order chi connectivity index (χ1) is 8.76. The molecule has 2 heterocycles. The second-order valence-corrected chi connectivity index (χ2v) is 4.92. The quantitative estimate of drug-likeness (QED) is 0.838. The molecule has 100 valence electrons. The number of nitrogens with zero attached hydrogens (tertiary/aromatic N) is 4. The molecule has 1 saturated heterocycles. The molecule has 0 aliphatic carbocycles. The molecule has 0 saturated carbocycles. The van der Waals surface area contributed by atoms with Gasteiger partial charge in [-0.15, -0.1) is 0 Å². The highest BCUT2D eigenvalue weighted by molar-refractivity contribution is 6.99. The average Bonchev–Trinajstić information content (AvgIpc) is 2.94. The van der Waals surface area contributed by atoms with Gasteiger partial charge in [0.15, 0.2) is 5.69 Å². The molecule has 18 heavy (non-hydrogen) atoms. The molecule has 0 spiro atoms. The Balaban J connectivity index is 1.89. The molecule has 2 rings (SSSR count). The molecule has 6 nitrogen and oxygen atoms in total. The zero-order valence-corrected chi connectivity index (χ0v) is 11.3. The van der Waals surface area contributed by atoms with Gasteiger partial charge in [0.25, 0.3) is 5.91 Å². The van der Waals surface area contributed by atoms with Crippen LogP contribution in [-0.2, 0) is 0 Å². The van der Waals surface area contributed by atoms with E-state index >= 15 is 0 Å². The summed E-state index contributed by atoms with van der Waals surface area (Å²) in [6.07, 6.45) is 2.45. The molecule has 1 amide bonds. The van der Waals surface area contributed by atoms with Crippen molar-refractivity contribution in [1.82, 2.24) is 18.5 Å². The van der Waals surface area contributed by atoms with Gasteiger partial charge in [-0.25, -0.2) is 0 Å². The third-order valence-corrected chi connectivity index (χ3v) is 3.86. The predicted molar refractivity (Wildman–Crippen MR) is 68.6 cm³/mol. The van der Waals surface area contributed by atoms with Crippen LogP contribution in [-0.4, -0.2) is 68.4 Å². The number of carbonyl (C=O) groups is 1. The van der Waals surface area contributed by atoms with Crippen molar-refractivity contribution >= 4 is 17.6 Å². The van der Waals surface area contributed by atoms with E-state index in [4.69, 9.17) is 0 Å². The highest BCUT2D eigenvalue weighted by atomic mass is 32.1. The first-order valence-electron chi connectivity index (χ1n) is 6.18. The third kappa shape index (κ3) is 2.85. The van der Waals surface area contributed by atoms with E-state index in [-0.39, 0.29) is 18.6 Å². The smallest absolute Gasteiger partial charge is 0.275 e. The Bertz CT molecular complexity index is 372. The minimum absolute atomic E-state index is 0.0413. The molecule has 7 heteroatoms. The Morgan fingerprint density at radius 1 is 1.50 bits per heavy atom. The van der Waals surface area contributed by atoms with E-state index in [2.05, 4.69) is 20.6 Å². The van der Waals surface area contributed by atoms with Gasteiger partial charge in [-0.1, -0.05) is 6.92 Å². The molecule has 0 aromatic carbocycles. The number of piperazine rings is 1. The molecule has 1 aliphatic heterocycles. The summed E-state index contributed by atoms with van der Waals surface area (Å²) in [5.41, 5.74) is 0.433. The first kappa shape index (κ1) is 13.4. The fraction of sp³-hybridized carbons (Fsp3) is 0.727. The van der Waals surface area contributed by atoms with Crippen molar-refractivity contribution in [2.75, 3.05) is 32.8 Å². The summed E-state index contributed by atoms with van der Waals surface area (Å²) in [6, 6.07) is 0.211. The molecule has 1 N–H and O–H groups in total. The van der Waals surface area contributed by atoms with Gasteiger partial charge >= 0.3 is 0 Å². The summed E-state index contributed by atoms with van der Waals surface area (Å²) in [5.74, 6) is -0.0413. The summed E-state index contributed by atoms with van der Waals surface area (Å²) in [4.78, 5) is 16.1. The molecule has 1 aromatic rings. The molecule has 1 fully saturated rings. The van der Waals surface area contributed by atoms with Gasteiger partial charge in [0.05, 0.1) is 24.5 Å². The third-order valence-electron chi connectivity index (χ3n) is 3.38. The van der Waals surface area contributed by atoms with Crippen LogP contribution in [0.25, 0.3) is 0 Å². The van der Waals surface area contributed by atoms with Crippen molar-refractivity contribution in [1.29, 1.82) is 0 Å². The molecule has 1 unspecified atom stereocenters. The maximum Gasteiger partial charge on any atom is 0.275 e. The lowest BCUT2D eigenvalue weighted by Gasteiger charge is -2.38. The van der Waals surface area contributed by atoms with E-state index in [9.17, 15) is 9.90 Å². The van der Waals surface area contributed by atoms with Crippen LogP contribution in [0.4, 0.5) is 0 Å². The standard InChI is InChI=1S/C11H18N4O2S/c1-2-9(8-16)14-3-5-15(6-4-14)11(17)10-7-12-18-13-10/h7,9,16H,2-6,8H2,1H3. The average molecular weight is 270 g/mol. The summed E-state index contributed by atoms with van der Waals surface area (Å²) in [7, 11) is 0. The van der Waals surface area contributed by atoms with Crippen LogP contribution in [0, 0.1) is 0 Å². The van der Waals surface area contributed by atoms with Gasteiger partial charge in [-0.2, -0.15) is 8.75 Å². The highest BCUT2D eigenvalue weighted by Crippen LogP contribution is 2.11. The van der Waals surface area contributed by atoms with Gasteiger partial charge in [0.1, 0.15) is 0 Å². The maximum atomic E-state index is 12.0. The zero-order chi connectivity index (χ0) is 13.0. The molecular weight excluding hydrogens is 252 g/mol. The molecule has 1 aromatic heterocycles. The largest absolute Gasteiger partial charge is 0.395 e.